The van der Waals surface area contributed by atoms with Crippen molar-refractivity contribution in [3.63, 3.8) is 0 Å². The van der Waals surface area contributed by atoms with E-state index in [-0.39, 0.29) is 11.9 Å². The zero-order valence-corrected chi connectivity index (χ0v) is 10.7. The van der Waals surface area contributed by atoms with Crippen molar-refractivity contribution in [2.24, 2.45) is 0 Å². The van der Waals surface area contributed by atoms with Gasteiger partial charge in [-0.1, -0.05) is 6.07 Å². The fraction of sp³-hybridized carbons (Fsp3) is 0.538. The van der Waals surface area contributed by atoms with Crippen molar-refractivity contribution in [1.82, 2.24) is 9.88 Å². The lowest BCUT2D eigenvalue weighted by Crippen LogP contribution is -2.41. The van der Waals surface area contributed by atoms with Gasteiger partial charge in [-0.05, 0) is 37.8 Å². The highest BCUT2D eigenvalue weighted by atomic mass is 35.5. The summed E-state index contributed by atoms with van der Waals surface area (Å²) in [7, 11) is 0. The van der Waals surface area contributed by atoms with Gasteiger partial charge >= 0.3 is 0 Å². The van der Waals surface area contributed by atoms with Crippen molar-refractivity contribution < 1.29 is 4.79 Å². The molecule has 4 heteroatoms. The van der Waals surface area contributed by atoms with E-state index in [0.717, 1.165) is 31.4 Å². The Morgan fingerprint density at radius 1 is 1.59 bits per heavy atom. The molecule has 1 saturated heterocycles. The van der Waals surface area contributed by atoms with E-state index in [0.29, 0.717) is 0 Å². The van der Waals surface area contributed by atoms with E-state index >= 15 is 0 Å². The maximum Gasteiger partial charge on any atom is 0.240 e. The number of amides is 1. The minimum Gasteiger partial charge on any atom is -0.334 e. The molecule has 2 heterocycles. The second-order valence-electron chi connectivity index (χ2n) is 4.45. The number of carbonyl (C=O) groups is 1. The van der Waals surface area contributed by atoms with Gasteiger partial charge in [0.15, 0.2) is 0 Å². The van der Waals surface area contributed by atoms with Gasteiger partial charge in [0.2, 0.25) is 5.91 Å². The molecule has 1 aliphatic heterocycles. The number of aromatic nitrogens is 1. The number of rotatable bonds is 2. The summed E-state index contributed by atoms with van der Waals surface area (Å²) < 4.78 is 0. The summed E-state index contributed by atoms with van der Waals surface area (Å²) >= 11 is 5.91. The summed E-state index contributed by atoms with van der Waals surface area (Å²) in [6, 6.07) is 4.09. The van der Waals surface area contributed by atoms with Gasteiger partial charge in [0, 0.05) is 18.9 Å². The second-order valence-corrected chi connectivity index (χ2v) is 5.10. The van der Waals surface area contributed by atoms with Crippen molar-refractivity contribution in [1.29, 1.82) is 0 Å². The molecule has 0 aliphatic carbocycles. The van der Waals surface area contributed by atoms with E-state index in [1.54, 1.807) is 13.1 Å². The van der Waals surface area contributed by atoms with Crippen LogP contribution >= 0.6 is 11.6 Å². The summed E-state index contributed by atoms with van der Waals surface area (Å²) in [6.07, 6.45) is 6.81. The zero-order chi connectivity index (χ0) is 12.3. The number of piperidine rings is 1. The quantitative estimate of drug-likeness (QED) is 0.759. The minimum atomic E-state index is -0.452. The minimum absolute atomic E-state index is 0.0280. The van der Waals surface area contributed by atoms with Crippen LogP contribution in [0.3, 0.4) is 0 Å². The standard InChI is InChI=1S/C13H17ClN2O/c1-10(14)13(17)16-8-3-2-6-12(16)11-5-4-7-15-9-11/h4-5,7,9-10,12H,2-3,6,8H2,1H3/t10-,12+/m0/s1. The smallest absolute Gasteiger partial charge is 0.240 e. The summed E-state index contributed by atoms with van der Waals surface area (Å²) in [6.45, 7) is 2.54. The Hall–Kier alpha value is -1.09. The maximum absolute atomic E-state index is 12.1. The van der Waals surface area contributed by atoms with Crippen molar-refractivity contribution >= 4 is 17.5 Å². The van der Waals surface area contributed by atoms with Gasteiger partial charge in [-0.25, -0.2) is 0 Å². The monoisotopic (exact) mass is 252 g/mol. The Labute approximate surface area is 107 Å². The van der Waals surface area contributed by atoms with Crippen LogP contribution < -0.4 is 0 Å². The Kier molecular flexibility index (Phi) is 4.00. The summed E-state index contributed by atoms with van der Waals surface area (Å²) in [5.74, 6) is 0.0280. The van der Waals surface area contributed by atoms with Crippen LogP contribution in [0.5, 0.6) is 0 Å². The lowest BCUT2D eigenvalue weighted by molar-refractivity contribution is -0.134. The molecule has 2 atom stereocenters. The van der Waals surface area contributed by atoms with Crippen LogP contribution in [0.4, 0.5) is 0 Å². The van der Waals surface area contributed by atoms with Crippen LogP contribution in [0.2, 0.25) is 0 Å². The topological polar surface area (TPSA) is 33.2 Å². The van der Waals surface area contributed by atoms with Crippen LogP contribution in [0, 0.1) is 0 Å². The van der Waals surface area contributed by atoms with Crippen LogP contribution in [-0.2, 0) is 4.79 Å². The Morgan fingerprint density at radius 3 is 3.06 bits per heavy atom. The normalized spacial score (nSPS) is 22.2. The average molecular weight is 253 g/mol. The lowest BCUT2D eigenvalue weighted by Gasteiger charge is -2.36. The predicted octanol–water partition coefficient (Wildman–Crippen LogP) is 2.76. The number of pyridine rings is 1. The molecule has 0 spiro atoms. The molecule has 0 aromatic carbocycles. The molecule has 92 valence electrons. The number of hydrogen-bond donors (Lipinski definition) is 0. The third-order valence-corrected chi connectivity index (χ3v) is 3.38. The Morgan fingerprint density at radius 2 is 2.41 bits per heavy atom. The third-order valence-electron chi connectivity index (χ3n) is 3.20. The number of halogens is 1. The molecular formula is C13H17ClN2O. The molecule has 3 nitrogen and oxygen atoms in total. The van der Waals surface area contributed by atoms with Gasteiger partial charge in [-0.2, -0.15) is 0 Å². The highest BCUT2D eigenvalue weighted by molar-refractivity contribution is 6.30. The molecule has 1 amide bonds. The fourth-order valence-electron chi connectivity index (χ4n) is 2.34. The molecule has 0 unspecified atom stereocenters. The average Bonchev–Trinajstić information content (AvgIpc) is 2.39. The van der Waals surface area contributed by atoms with Crippen LogP contribution in [-0.4, -0.2) is 27.7 Å². The number of nitrogens with zero attached hydrogens (tertiary/aromatic N) is 2. The van der Waals surface area contributed by atoms with Gasteiger partial charge < -0.3 is 4.90 Å². The van der Waals surface area contributed by atoms with E-state index in [4.69, 9.17) is 11.6 Å². The van der Waals surface area contributed by atoms with Crippen molar-refractivity contribution in [2.75, 3.05) is 6.54 Å². The molecule has 1 aromatic heterocycles. The van der Waals surface area contributed by atoms with Crippen molar-refractivity contribution in [3.8, 4) is 0 Å². The largest absolute Gasteiger partial charge is 0.334 e. The van der Waals surface area contributed by atoms with E-state index in [9.17, 15) is 4.79 Å². The summed E-state index contributed by atoms with van der Waals surface area (Å²) in [5, 5.41) is -0.452. The summed E-state index contributed by atoms with van der Waals surface area (Å²) in [4.78, 5) is 18.1. The number of hydrogen-bond acceptors (Lipinski definition) is 2. The molecule has 0 saturated carbocycles. The fourth-order valence-corrected chi connectivity index (χ4v) is 2.47. The zero-order valence-electron chi connectivity index (χ0n) is 9.97. The van der Waals surface area contributed by atoms with Gasteiger partial charge in [0.1, 0.15) is 5.38 Å². The SMILES string of the molecule is C[C@H](Cl)C(=O)N1CCCC[C@@H]1c1cccnc1. The summed E-state index contributed by atoms with van der Waals surface area (Å²) in [5.41, 5.74) is 1.11. The van der Waals surface area contributed by atoms with Crippen LogP contribution in [0.15, 0.2) is 24.5 Å². The van der Waals surface area contributed by atoms with Gasteiger partial charge in [0.05, 0.1) is 6.04 Å². The van der Waals surface area contributed by atoms with Gasteiger partial charge in [0.25, 0.3) is 0 Å². The van der Waals surface area contributed by atoms with Crippen LogP contribution in [0.1, 0.15) is 37.8 Å². The number of alkyl halides is 1. The molecule has 2 rings (SSSR count). The van der Waals surface area contributed by atoms with E-state index in [1.807, 2.05) is 23.2 Å². The molecule has 0 bridgehead atoms. The van der Waals surface area contributed by atoms with E-state index in [2.05, 4.69) is 4.98 Å². The Bertz CT molecular complexity index is 380. The first-order valence-electron chi connectivity index (χ1n) is 6.04. The van der Waals surface area contributed by atoms with Gasteiger partial charge in [-0.15, -0.1) is 11.6 Å². The first-order chi connectivity index (χ1) is 8.20. The number of carbonyl (C=O) groups excluding carboxylic acids is 1. The van der Waals surface area contributed by atoms with Crippen molar-refractivity contribution in [3.05, 3.63) is 30.1 Å². The molecule has 1 aromatic rings. The molecule has 17 heavy (non-hydrogen) atoms. The first-order valence-corrected chi connectivity index (χ1v) is 6.48. The Balaban J connectivity index is 2.21. The maximum atomic E-state index is 12.1. The lowest BCUT2D eigenvalue weighted by atomic mass is 9.96. The highest BCUT2D eigenvalue weighted by Crippen LogP contribution is 2.31. The molecule has 0 N–H and O–H groups in total. The first kappa shape index (κ1) is 12.4. The third kappa shape index (κ3) is 2.78. The van der Waals surface area contributed by atoms with Gasteiger partial charge in [-0.3, -0.25) is 9.78 Å². The highest BCUT2D eigenvalue weighted by Gasteiger charge is 2.29. The van der Waals surface area contributed by atoms with Crippen molar-refractivity contribution in [2.45, 2.75) is 37.6 Å². The van der Waals surface area contributed by atoms with E-state index in [1.165, 1.54) is 0 Å². The molecule has 0 radical (unpaired) electrons. The predicted molar refractivity (Wildman–Crippen MR) is 67.9 cm³/mol. The number of likely N-dealkylation sites (tertiary alicyclic amines) is 1. The molecule has 1 fully saturated rings. The van der Waals surface area contributed by atoms with E-state index < -0.39 is 5.38 Å². The molecular weight excluding hydrogens is 236 g/mol. The second kappa shape index (κ2) is 5.50. The molecule has 1 aliphatic rings. The van der Waals surface area contributed by atoms with Crippen LogP contribution in [0.25, 0.3) is 0 Å².